The van der Waals surface area contributed by atoms with Crippen LogP contribution in [0.25, 0.3) is 0 Å². The van der Waals surface area contributed by atoms with E-state index in [0.717, 1.165) is 6.42 Å². The van der Waals surface area contributed by atoms with Crippen LogP contribution in [0.2, 0.25) is 0 Å². The summed E-state index contributed by atoms with van der Waals surface area (Å²) >= 11 is 0. The molecule has 1 rings (SSSR count). The number of hydrogen-bond donors (Lipinski definition) is 1. The first-order valence-corrected chi connectivity index (χ1v) is 7.11. The summed E-state index contributed by atoms with van der Waals surface area (Å²) in [7, 11) is 0. The lowest BCUT2D eigenvalue weighted by Crippen LogP contribution is -2.51. The number of carbonyl (C=O) groups is 1. The number of ether oxygens (including phenoxy) is 1. The summed E-state index contributed by atoms with van der Waals surface area (Å²) in [4.78, 5) is 12.0. The smallest absolute Gasteiger partial charge is 0.323 e. The van der Waals surface area contributed by atoms with Gasteiger partial charge in [0.2, 0.25) is 0 Å². The van der Waals surface area contributed by atoms with E-state index in [0.29, 0.717) is 6.04 Å². The minimum Gasteiger partial charge on any atom is -0.459 e. The average molecular weight is 255 g/mol. The molecule has 106 valence electrons. The van der Waals surface area contributed by atoms with E-state index in [1.807, 2.05) is 27.7 Å². The van der Waals surface area contributed by atoms with Crippen molar-refractivity contribution in [3.05, 3.63) is 0 Å². The van der Waals surface area contributed by atoms with Crippen molar-refractivity contribution in [1.29, 1.82) is 0 Å². The summed E-state index contributed by atoms with van der Waals surface area (Å²) < 4.78 is 5.41. The number of carbonyl (C=O) groups excluding carboxylic acids is 1. The summed E-state index contributed by atoms with van der Waals surface area (Å²) in [5.74, 6) is -0.149. The van der Waals surface area contributed by atoms with Crippen LogP contribution in [0.1, 0.15) is 67.2 Å². The molecule has 1 aliphatic carbocycles. The summed E-state index contributed by atoms with van der Waals surface area (Å²) in [5, 5.41) is 3.46. The molecule has 1 N–H and O–H groups in total. The Morgan fingerprint density at radius 3 is 2.44 bits per heavy atom. The van der Waals surface area contributed by atoms with Crippen molar-refractivity contribution in [2.75, 3.05) is 0 Å². The molecular formula is C15H29NO2. The first kappa shape index (κ1) is 15.5. The molecule has 0 bridgehead atoms. The number of hydrogen-bond acceptors (Lipinski definition) is 3. The summed E-state index contributed by atoms with van der Waals surface area (Å²) in [6.45, 7) is 12.2. The van der Waals surface area contributed by atoms with Crippen molar-refractivity contribution in [3.63, 3.8) is 0 Å². The van der Waals surface area contributed by atoms with Gasteiger partial charge in [-0.15, -0.1) is 0 Å². The molecule has 1 aliphatic rings. The molecule has 0 aromatic rings. The first-order chi connectivity index (χ1) is 8.12. The Morgan fingerprint density at radius 1 is 1.33 bits per heavy atom. The second-order valence-electron chi connectivity index (χ2n) is 7.21. The molecular weight excluding hydrogens is 226 g/mol. The van der Waals surface area contributed by atoms with Gasteiger partial charge in [-0.25, -0.2) is 0 Å². The maximum Gasteiger partial charge on any atom is 0.323 e. The third kappa shape index (κ3) is 4.60. The lowest BCUT2D eigenvalue weighted by atomic mass is 9.73. The molecule has 0 aromatic heterocycles. The monoisotopic (exact) mass is 255 g/mol. The Morgan fingerprint density at radius 2 is 1.94 bits per heavy atom. The van der Waals surface area contributed by atoms with Crippen LogP contribution in [0.3, 0.4) is 0 Å². The van der Waals surface area contributed by atoms with E-state index >= 15 is 0 Å². The molecule has 3 heteroatoms. The summed E-state index contributed by atoms with van der Waals surface area (Å²) in [5.41, 5.74) is -0.135. The Hall–Kier alpha value is -0.570. The first-order valence-electron chi connectivity index (χ1n) is 7.11. The van der Waals surface area contributed by atoms with Gasteiger partial charge < -0.3 is 10.1 Å². The zero-order valence-electron chi connectivity index (χ0n) is 12.8. The SMILES string of the molecule is CC(NC1CCCCC1(C)C)C(=O)OC(C)(C)C. The van der Waals surface area contributed by atoms with Gasteiger partial charge in [-0.1, -0.05) is 26.7 Å². The summed E-state index contributed by atoms with van der Waals surface area (Å²) in [6.07, 6.45) is 4.93. The van der Waals surface area contributed by atoms with Gasteiger partial charge in [0.1, 0.15) is 11.6 Å². The van der Waals surface area contributed by atoms with Gasteiger partial charge in [0.25, 0.3) is 0 Å². The standard InChI is InChI=1S/C15H29NO2/c1-11(13(17)18-14(2,3)4)16-12-9-7-8-10-15(12,5)6/h11-12,16H,7-10H2,1-6H3. The van der Waals surface area contributed by atoms with Gasteiger partial charge in [-0.05, 0) is 46.0 Å². The van der Waals surface area contributed by atoms with Gasteiger partial charge in [0, 0.05) is 6.04 Å². The quantitative estimate of drug-likeness (QED) is 0.787. The minimum absolute atomic E-state index is 0.149. The lowest BCUT2D eigenvalue weighted by Gasteiger charge is -2.40. The zero-order valence-corrected chi connectivity index (χ0v) is 12.8. The fraction of sp³-hybridized carbons (Fsp3) is 0.933. The van der Waals surface area contributed by atoms with Crippen LogP contribution < -0.4 is 5.32 Å². The Kier molecular flexibility index (Phi) is 4.82. The van der Waals surface area contributed by atoms with Gasteiger partial charge in [0.15, 0.2) is 0 Å². The molecule has 2 atom stereocenters. The molecule has 2 unspecified atom stereocenters. The predicted octanol–water partition coefficient (Wildman–Crippen LogP) is 3.28. The molecule has 0 amide bonds. The normalized spacial score (nSPS) is 25.6. The highest BCUT2D eigenvalue weighted by Gasteiger charge is 2.34. The molecule has 18 heavy (non-hydrogen) atoms. The van der Waals surface area contributed by atoms with E-state index in [-0.39, 0.29) is 17.4 Å². The third-order valence-corrected chi connectivity index (χ3v) is 3.72. The van der Waals surface area contributed by atoms with Crippen molar-refractivity contribution < 1.29 is 9.53 Å². The van der Waals surface area contributed by atoms with Crippen molar-refractivity contribution in [1.82, 2.24) is 5.32 Å². The van der Waals surface area contributed by atoms with Crippen molar-refractivity contribution in [2.24, 2.45) is 5.41 Å². The van der Waals surface area contributed by atoms with Crippen LogP contribution in [0.4, 0.5) is 0 Å². The van der Waals surface area contributed by atoms with Crippen molar-refractivity contribution in [3.8, 4) is 0 Å². The van der Waals surface area contributed by atoms with Crippen LogP contribution in [-0.2, 0) is 9.53 Å². The second-order valence-corrected chi connectivity index (χ2v) is 7.21. The summed E-state index contributed by atoms with van der Waals surface area (Å²) in [6, 6.07) is 0.181. The fourth-order valence-corrected chi connectivity index (χ4v) is 2.56. The maximum atomic E-state index is 12.0. The van der Waals surface area contributed by atoms with E-state index in [9.17, 15) is 4.79 Å². The van der Waals surface area contributed by atoms with E-state index in [1.54, 1.807) is 0 Å². The molecule has 0 spiro atoms. The van der Waals surface area contributed by atoms with E-state index in [2.05, 4.69) is 19.2 Å². The van der Waals surface area contributed by atoms with Crippen LogP contribution in [0, 0.1) is 5.41 Å². The minimum atomic E-state index is -0.408. The number of rotatable bonds is 3. The van der Waals surface area contributed by atoms with Crippen molar-refractivity contribution in [2.45, 2.75) is 84.9 Å². The van der Waals surface area contributed by atoms with Crippen LogP contribution in [0.5, 0.6) is 0 Å². The second kappa shape index (κ2) is 5.60. The van der Waals surface area contributed by atoms with Crippen molar-refractivity contribution >= 4 is 5.97 Å². The topological polar surface area (TPSA) is 38.3 Å². The Labute approximate surface area is 112 Å². The largest absolute Gasteiger partial charge is 0.459 e. The molecule has 0 saturated heterocycles. The number of esters is 1. The lowest BCUT2D eigenvalue weighted by molar-refractivity contribution is -0.157. The number of nitrogens with one attached hydrogen (secondary N) is 1. The van der Waals surface area contributed by atoms with E-state index in [1.165, 1.54) is 19.3 Å². The molecule has 3 nitrogen and oxygen atoms in total. The third-order valence-electron chi connectivity index (χ3n) is 3.72. The molecule has 1 saturated carbocycles. The highest BCUT2D eigenvalue weighted by Crippen LogP contribution is 2.35. The van der Waals surface area contributed by atoms with Crippen LogP contribution in [0.15, 0.2) is 0 Å². The van der Waals surface area contributed by atoms with Gasteiger partial charge in [0.05, 0.1) is 0 Å². The van der Waals surface area contributed by atoms with Gasteiger partial charge in [-0.3, -0.25) is 4.79 Å². The molecule has 0 aliphatic heterocycles. The van der Waals surface area contributed by atoms with Crippen LogP contribution in [-0.4, -0.2) is 23.7 Å². The highest BCUT2D eigenvalue weighted by atomic mass is 16.6. The molecule has 0 radical (unpaired) electrons. The van der Waals surface area contributed by atoms with E-state index in [4.69, 9.17) is 4.74 Å². The molecule has 0 heterocycles. The Balaban J connectivity index is 2.53. The fourth-order valence-electron chi connectivity index (χ4n) is 2.56. The van der Waals surface area contributed by atoms with Crippen LogP contribution >= 0.6 is 0 Å². The molecule has 1 fully saturated rings. The molecule has 0 aromatic carbocycles. The zero-order chi connectivity index (χ0) is 14.0. The highest BCUT2D eigenvalue weighted by molar-refractivity contribution is 5.75. The van der Waals surface area contributed by atoms with Gasteiger partial charge >= 0.3 is 5.97 Å². The van der Waals surface area contributed by atoms with E-state index < -0.39 is 5.60 Å². The Bertz CT molecular complexity index is 291. The maximum absolute atomic E-state index is 12.0. The predicted molar refractivity (Wildman–Crippen MR) is 74.5 cm³/mol. The van der Waals surface area contributed by atoms with Gasteiger partial charge in [-0.2, -0.15) is 0 Å². The average Bonchev–Trinajstić information content (AvgIpc) is 2.18.